The highest BCUT2D eigenvalue weighted by Gasteiger charge is 2.24. The molecule has 0 amide bonds. The molecule has 0 radical (unpaired) electrons. The number of methoxy groups -OCH3 is 2. The van der Waals surface area contributed by atoms with E-state index in [0.717, 1.165) is 16.8 Å². The van der Waals surface area contributed by atoms with Crippen LogP contribution in [0, 0.1) is 5.82 Å². The van der Waals surface area contributed by atoms with Crippen molar-refractivity contribution in [1.82, 2.24) is 20.2 Å². The number of allylic oxidation sites excluding steroid dienone is 1. The predicted octanol–water partition coefficient (Wildman–Crippen LogP) is 2.89. The third kappa shape index (κ3) is 2.75. The zero-order chi connectivity index (χ0) is 18.1. The van der Waals surface area contributed by atoms with Gasteiger partial charge in [-0.1, -0.05) is 17.2 Å². The smallest absolute Gasteiger partial charge is 0.248 e. The van der Waals surface area contributed by atoms with E-state index < -0.39 is 0 Å². The summed E-state index contributed by atoms with van der Waals surface area (Å²) in [6.45, 7) is 0. The molecular weight excluding hydrogens is 337 g/mol. The Balaban J connectivity index is 1.78. The number of aromatic nitrogens is 4. The van der Waals surface area contributed by atoms with Crippen molar-refractivity contribution in [3.63, 3.8) is 0 Å². The summed E-state index contributed by atoms with van der Waals surface area (Å²) in [6, 6.07) is 11.7. The highest BCUT2D eigenvalue weighted by Crippen LogP contribution is 2.35. The minimum atomic E-state index is -0.288. The molecule has 0 aliphatic carbocycles. The summed E-state index contributed by atoms with van der Waals surface area (Å²) in [5.74, 6) is 1.49. The van der Waals surface area contributed by atoms with Crippen molar-refractivity contribution in [1.29, 1.82) is 0 Å². The summed E-state index contributed by atoms with van der Waals surface area (Å²) < 4.78 is 25.6. The van der Waals surface area contributed by atoms with E-state index in [2.05, 4.69) is 20.8 Å². The van der Waals surface area contributed by atoms with Crippen LogP contribution in [0.2, 0.25) is 0 Å². The molecule has 1 aliphatic heterocycles. The van der Waals surface area contributed by atoms with Gasteiger partial charge in [0.2, 0.25) is 5.95 Å². The van der Waals surface area contributed by atoms with Crippen molar-refractivity contribution >= 4 is 11.6 Å². The molecule has 0 fully saturated rings. The molecule has 132 valence electrons. The Labute approximate surface area is 149 Å². The Kier molecular flexibility index (Phi) is 4.00. The van der Waals surface area contributed by atoms with E-state index in [-0.39, 0.29) is 11.9 Å². The van der Waals surface area contributed by atoms with Gasteiger partial charge in [-0.15, -0.1) is 0 Å². The second-order valence-corrected chi connectivity index (χ2v) is 5.72. The van der Waals surface area contributed by atoms with Gasteiger partial charge >= 0.3 is 0 Å². The molecule has 7 nitrogen and oxygen atoms in total. The first-order chi connectivity index (χ1) is 12.7. The molecule has 1 unspecified atom stereocenters. The van der Waals surface area contributed by atoms with Crippen LogP contribution in [0.25, 0.3) is 5.70 Å². The number of rotatable bonds is 4. The third-order valence-corrected chi connectivity index (χ3v) is 4.23. The fourth-order valence-corrected chi connectivity index (χ4v) is 2.92. The van der Waals surface area contributed by atoms with Gasteiger partial charge in [-0.3, -0.25) is 0 Å². The largest absolute Gasteiger partial charge is 0.493 e. The van der Waals surface area contributed by atoms with Crippen LogP contribution in [0.4, 0.5) is 10.3 Å². The van der Waals surface area contributed by atoms with Gasteiger partial charge in [0, 0.05) is 11.3 Å². The maximum Gasteiger partial charge on any atom is 0.248 e. The Morgan fingerprint density at radius 1 is 1.04 bits per heavy atom. The molecule has 2 heterocycles. The lowest BCUT2D eigenvalue weighted by atomic mass is 10.0. The van der Waals surface area contributed by atoms with E-state index in [1.165, 1.54) is 12.1 Å². The van der Waals surface area contributed by atoms with E-state index >= 15 is 0 Å². The predicted molar refractivity (Wildman–Crippen MR) is 93.5 cm³/mol. The van der Waals surface area contributed by atoms with Gasteiger partial charge < -0.3 is 14.8 Å². The molecule has 26 heavy (non-hydrogen) atoms. The van der Waals surface area contributed by atoms with E-state index in [4.69, 9.17) is 9.47 Å². The first kappa shape index (κ1) is 16.1. The highest BCUT2D eigenvalue weighted by molar-refractivity contribution is 5.78. The second kappa shape index (κ2) is 6.47. The van der Waals surface area contributed by atoms with Crippen molar-refractivity contribution in [3.05, 3.63) is 65.5 Å². The van der Waals surface area contributed by atoms with Gasteiger partial charge in [-0.05, 0) is 52.4 Å². The molecule has 0 spiro atoms. The maximum absolute atomic E-state index is 13.3. The van der Waals surface area contributed by atoms with Crippen molar-refractivity contribution < 1.29 is 13.9 Å². The quantitative estimate of drug-likeness (QED) is 0.777. The minimum absolute atomic E-state index is 0.259. The highest BCUT2D eigenvalue weighted by atomic mass is 19.1. The number of anilines is 1. The molecule has 2 aromatic carbocycles. The first-order valence-corrected chi connectivity index (χ1v) is 7.94. The lowest BCUT2D eigenvalue weighted by Gasteiger charge is -2.23. The lowest BCUT2D eigenvalue weighted by molar-refractivity contribution is 0.355. The van der Waals surface area contributed by atoms with Crippen LogP contribution in [-0.2, 0) is 0 Å². The molecule has 0 bridgehead atoms. The van der Waals surface area contributed by atoms with Crippen LogP contribution < -0.4 is 14.8 Å². The zero-order valence-electron chi connectivity index (χ0n) is 14.2. The molecule has 1 aromatic heterocycles. The molecule has 1 N–H and O–H groups in total. The molecule has 0 saturated carbocycles. The third-order valence-electron chi connectivity index (χ3n) is 4.23. The summed E-state index contributed by atoms with van der Waals surface area (Å²) in [5, 5.41) is 15.0. The topological polar surface area (TPSA) is 74.1 Å². The van der Waals surface area contributed by atoms with Gasteiger partial charge in [0.05, 0.1) is 14.2 Å². The van der Waals surface area contributed by atoms with Gasteiger partial charge in [0.15, 0.2) is 11.5 Å². The molecular formula is C18H16FN5O2. The number of hydrogen-bond donors (Lipinski definition) is 1. The molecule has 4 rings (SSSR count). The Morgan fingerprint density at radius 2 is 1.81 bits per heavy atom. The van der Waals surface area contributed by atoms with Gasteiger partial charge in [-0.2, -0.15) is 4.68 Å². The van der Waals surface area contributed by atoms with E-state index in [1.807, 2.05) is 24.3 Å². The van der Waals surface area contributed by atoms with Crippen molar-refractivity contribution in [3.8, 4) is 11.5 Å². The first-order valence-electron chi connectivity index (χ1n) is 7.94. The second-order valence-electron chi connectivity index (χ2n) is 5.72. The van der Waals surface area contributed by atoms with Crippen LogP contribution >= 0.6 is 0 Å². The number of halogens is 1. The summed E-state index contributed by atoms with van der Waals surface area (Å²) in [7, 11) is 3.18. The van der Waals surface area contributed by atoms with Crippen LogP contribution in [0.15, 0.2) is 48.5 Å². The average Bonchev–Trinajstić information content (AvgIpc) is 3.16. The van der Waals surface area contributed by atoms with Crippen LogP contribution in [0.5, 0.6) is 11.5 Å². The minimum Gasteiger partial charge on any atom is -0.493 e. The molecule has 8 heteroatoms. The van der Waals surface area contributed by atoms with E-state index in [9.17, 15) is 4.39 Å². The van der Waals surface area contributed by atoms with Crippen LogP contribution in [0.1, 0.15) is 17.2 Å². The number of ether oxygens (including phenoxy) is 2. The van der Waals surface area contributed by atoms with Gasteiger partial charge in [0.25, 0.3) is 0 Å². The number of benzene rings is 2. The zero-order valence-corrected chi connectivity index (χ0v) is 14.2. The van der Waals surface area contributed by atoms with E-state index in [1.54, 1.807) is 31.0 Å². The number of nitrogens with zero attached hydrogens (tertiary/aromatic N) is 4. The fraction of sp³-hybridized carbons (Fsp3) is 0.167. The summed E-state index contributed by atoms with van der Waals surface area (Å²) in [5.41, 5.74) is 2.59. The summed E-state index contributed by atoms with van der Waals surface area (Å²) >= 11 is 0. The monoisotopic (exact) mass is 353 g/mol. The number of fused-ring (bicyclic) bond motifs is 1. The molecule has 1 atom stereocenters. The van der Waals surface area contributed by atoms with Crippen molar-refractivity contribution in [2.75, 3.05) is 19.5 Å². The number of tetrazole rings is 1. The fourth-order valence-electron chi connectivity index (χ4n) is 2.92. The van der Waals surface area contributed by atoms with Crippen molar-refractivity contribution in [2.24, 2.45) is 0 Å². The molecule has 0 saturated heterocycles. The Hall–Kier alpha value is -3.42. The van der Waals surface area contributed by atoms with Crippen molar-refractivity contribution in [2.45, 2.75) is 6.04 Å². The van der Waals surface area contributed by atoms with Crippen LogP contribution in [-0.4, -0.2) is 34.4 Å². The standard InChI is InChI=1S/C18H16FN5O2/c1-25-16-8-5-12(9-17(16)26-2)14-10-15(11-3-6-13(19)7-4-11)24-18(20-14)21-22-23-24/h3-10,15H,1-2H3,(H,20,21,23). The average molecular weight is 353 g/mol. The van der Waals surface area contributed by atoms with E-state index in [0.29, 0.717) is 17.4 Å². The van der Waals surface area contributed by atoms with Gasteiger partial charge in [-0.25, -0.2) is 4.39 Å². The van der Waals surface area contributed by atoms with Gasteiger partial charge in [0.1, 0.15) is 11.9 Å². The molecule has 1 aliphatic rings. The maximum atomic E-state index is 13.3. The van der Waals surface area contributed by atoms with Crippen LogP contribution in [0.3, 0.4) is 0 Å². The number of hydrogen-bond acceptors (Lipinski definition) is 6. The normalized spacial score (nSPS) is 15.7. The number of nitrogens with one attached hydrogen (secondary N) is 1. The summed E-state index contributed by atoms with van der Waals surface area (Å²) in [6.07, 6.45) is 1.98. The Bertz CT molecular complexity index is 968. The summed E-state index contributed by atoms with van der Waals surface area (Å²) in [4.78, 5) is 0. The lowest BCUT2D eigenvalue weighted by Crippen LogP contribution is -2.20. The molecule has 3 aromatic rings. The Morgan fingerprint density at radius 3 is 2.54 bits per heavy atom. The SMILES string of the molecule is COc1ccc(C2=CC(c3ccc(F)cc3)n3nnnc3N2)cc1OC.